The van der Waals surface area contributed by atoms with E-state index in [1.54, 1.807) is 126 Å². The third kappa shape index (κ3) is 70.2. The van der Waals surface area contributed by atoms with Gasteiger partial charge in [0.2, 0.25) is 11.6 Å². The maximum absolute atomic E-state index is 14.1. The second-order valence-electron chi connectivity index (χ2n) is 35.6. The molecule has 0 aromatic rings. The first-order valence-electron chi connectivity index (χ1n) is 48.2. The number of hydrogen-bond acceptors (Lipinski definition) is 40. The number of nitrogens with one attached hydrogen (secondary N) is 2. The summed E-state index contributed by atoms with van der Waals surface area (Å²) in [5.41, 5.74) is 4.51. The summed E-state index contributed by atoms with van der Waals surface area (Å²) in [5, 5.41) is 10.3. The van der Waals surface area contributed by atoms with Gasteiger partial charge in [0.25, 0.3) is 0 Å². The van der Waals surface area contributed by atoms with Gasteiger partial charge in [-0.25, -0.2) is 10.9 Å². The van der Waals surface area contributed by atoms with Crippen molar-refractivity contribution in [1.29, 1.82) is 0 Å². The summed E-state index contributed by atoms with van der Waals surface area (Å²) in [6.45, 7) is 15.7. The summed E-state index contributed by atoms with van der Waals surface area (Å²) in [4.78, 5) is 256. The molecule has 0 bridgehead atoms. The quantitative estimate of drug-likeness (QED) is 0.0109. The number of hydrogen-bond donors (Lipinski definition) is 2. The molecule has 1 radical (unpaired) electrons. The molecule has 0 spiro atoms. The predicted octanol–water partition coefficient (Wildman–Crippen LogP) is 13.1. The van der Waals surface area contributed by atoms with Gasteiger partial charge >= 0.3 is 132 Å². The predicted molar refractivity (Wildman–Crippen MR) is 586 cm³/mol. The monoisotopic (exact) mass is 2380 g/mol. The van der Waals surface area contributed by atoms with E-state index in [1.165, 1.54) is 27.7 Å². The van der Waals surface area contributed by atoms with Gasteiger partial charge in [0, 0.05) is 164 Å². The van der Waals surface area contributed by atoms with Gasteiger partial charge in [0.05, 0.1) is 112 Å². The summed E-state index contributed by atoms with van der Waals surface area (Å²) < 4.78 is 72.0. The van der Waals surface area contributed by atoms with Crippen LogP contribution in [0.4, 0.5) is 0 Å². The van der Waals surface area contributed by atoms with E-state index in [-0.39, 0.29) is 202 Å². The fourth-order valence-electron chi connectivity index (χ4n) is 11.8. The molecule has 817 valence electrons. The van der Waals surface area contributed by atoms with Crippen molar-refractivity contribution in [3.8, 4) is 0 Å². The number of amides is 2. The van der Waals surface area contributed by atoms with Crippen LogP contribution in [-0.4, -0.2) is 331 Å². The van der Waals surface area contributed by atoms with Crippen molar-refractivity contribution in [3.05, 3.63) is 0 Å². The zero-order valence-corrected chi connectivity index (χ0v) is 96.1. The van der Waals surface area contributed by atoms with E-state index >= 15 is 0 Å². The SMILES string of the molecule is CCC(=O)C(=O)N/N=C(\C)CCC(=O)OCC(CCC(=O)CCC(C)=NC)(COCC(CCC(=O)CCC(C)=NC)(COC(=O)CCC(C)=NC)COC(=O)CC/C(C)=N/NC(=O)C(=O)CN=C(C)CCC(=O)OCC(COCC(COC(=O)CCC(C)=NC)(COC(=O)CCC(C)=NC)COC(=O)CCC(C)=NC)(COC(=O)CCC(C)=NC)COC(=O)CCC(C)=NC)COC(=O)CCC(C)=NC.C[B]I(I)I. The van der Waals surface area contributed by atoms with Gasteiger partial charge in [-0.15, -0.1) is 0 Å². The molecule has 42 nitrogen and oxygen atoms in total. The van der Waals surface area contributed by atoms with Crippen LogP contribution < -0.4 is 10.9 Å². The Kier molecular flexibility index (Phi) is 76.5. The molecule has 0 aromatic carbocycles. The number of Topliss-reactive ketones (excluding diaryl/α,β-unsaturated/α-hetero) is 4. The number of hydrazone groups is 2. The summed E-state index contributed by atoms with van der Waals surface area (Å²) >= 11 is 4.52. The molecule has 0 aliphatic heterocycles. The molecule has 0 aromatic heterocycles. The van der Waals surface area contributed by atoms with Crippen molar-refractivity contribution >= 4 is 217 Å². The van der Waals surface area contributed by atoms with E-state index in [4.69, 9.17) is 56.8 Å². The topological polar surface area (TPSA) is 556 Å². The number of esters is 10. The molecule has 46 heteroatoms. The summed E-state index contributed by atoms with van der Waals surface area (Å²) in [5.74, 6) is -11.6. The number of nitrogens with zero attached hydrogens (tertiary/aromatic N) is 12. The minimum absolute atomic E-state index is 0.0243. The van der Waals surface area contributed by atoms with Gasteiger partial charge in [0.1, 0.15) is 84.2 Å². The Morgan fingerprint density at radius 3 is 0.628 bits per heavy atom. The Morgan fingerprint density at radius 2 is 0.428 bits per heavy atom. The van der Waals surface area contributed by atoms with Crippen LogP contribution in [0.15, 0.2) is 60.1 Å². The zero-order chi connectivity index (χ0) is 110. The van der Waals surface area contributed by atoms with Crippen LogP contribution in [0, 0.1) is 21.7 Å². The fourth-order valence-corrected chi connectivity index (χ4v) is 11.8. The molecular weight excluding hydrogens is 2220 g/mol. The first-order valence-corrected chi connectivity index (χ1v) is 62.0. The van der Waals surface area contributed by atoms with E-state index < -0.39 is 215 Å². The number of carbonyl (C=O) groups excluding carboxylic acids is 16. The summed E-state index contributed by atoms with van der Waals surface area (Å²) in [6.07, 6.45) is -0.236. The molecule has 2 amide bonds. The molecule has 0 heterocycles. The molecule has 0 aliphatic carbocycles. The van der Waals surface area contributed by atoms with Gasteiger partial charge in [0.15, 0.2) is 0 Å². The second kappa shape index (κ2) is 80.6. The summed E-state index contributed by atoms with van der Waals surface area (Å²) in [7, 11) is 14.2. The van der Waals surface area contributed by atoms with E-state index in [2.05, 4.69) is 120 Å². The normalized spacial score (nSPS) is 14.4. The number of halogens is 3. The van der Waals surface area contributed by atoms with E-state index in [1.807, 2.05) is 0 Å². The Labute approximate surface area is 882 Å². The molecule has 0 saturated heterocycles. The van der Waals surface area contributed by atoms with Crippen LogP contribution >= 0.6 is 48.9 Å². The van der Waals surface area contributed by atoms with E-state index in [0.717, 1.165) is 0 Å². The molecule has 0 saturated carbocycles. The van der Waals surface area contributed by atoms with Crippen molar-refractivity contribution in [2.45, 2.75) is 283 Å². The molecule has 2 unspecified atom stereocenters. The average Bonchev–Trinajstić information content (AvgIpc) is 0.837. The van der Waals surface area contributed by atoms with Crippen molar-refractivity contribution in [2.24, 2.45) is 81.8 Å². The molecule has 2 atom stereocenters. The van der Waals surface area contributed by atoms with Gasteiger partial charge in [-0.05, 0) is 173 Å². The van der Waals surface area contributed by atoms with Gasteiger partial charge in [-0.1, -0.05) is 6.92 Å². The standard InChI is InChI=1S/C98H156N14O28.CH3BI3/c1-23-81(115)93(127)111-109-77(12)34-46-91(125)133-59-95(50-48-79(113)36-24-67(2)99-14,57-131-83(117)38-26-69(4)101-16)53-129-54-96(51-49-80(114)37-25-68(3)100-15,58-132-84(118)39-27-70(5)102-17)60-134-92(126)47-35-78(13)110-112-94(128)82(116)52-108-76(11)33-45-90(124)140-66-98(64-138-88(122)43-31-74(9)106-21,65-139-89(123)44-32-75(10)107-22)56-130-55-97(61-135-85(119)40-28-71(6)103-18,62-136-86(120)41-29-72(7)104-19)63-137-87(121)42-30-73(8)105-20;1-2-5(3)4/h23-66H2,1-22H3,(H,111,127)(H,112,128);1H3/b99-67?,100-68?,101-69?,102-70?,103-71?,104-72?,105-73?,106-74?,107-75?,108-76?,109-77+,110-78+;. The number of aliphatic imine (C=N–C) groups is 10. The van der Waals surface area contributed by atoms with Crippen molar-refractivity contribution in [1.82, 2.24) is 10.9 Å². The van der Waals surface area contributed by atoms with Crippen LogP contribution in [-0.2, 0) is 134 Å². The van der Waals surface area contributed by atoms with Crippen molar-refractivity contribution in [3.63, 3.8) is 0 Å². The second-order valence-corrected chi connectivity index (χ2v) is 60.3. The van der Waals surface area contributed by atoms with Crippen molar-refractivity contribution in [2.75, 3.05) is 162 Å². The zero-order valence-electron chi connectivity index (χ0n) is 89.6. The maximum atomic E-state index is 14.1. The van der Waals surface area contributed by atoms with E-state index in [0.29, 0.717) is 64.2 Å². The molecule has 2 N–H and O–H groups in total. The Bertz CT molecular complexity index is 4330. The minimum atomic E-state index is -1.73. The van der Waals surface area contributed by atoms with Gasteiger partial charge < -0.3 is 56.8 Å². The van der Waals surface area contributed by atoms with Crippen LogP contribution in [0.1, 0.15) is 276 Å². The van der Waals surface area contributed by atoms with Gasteiger partial charge in [-0.3, -0.25) is 127 Å². The fraction of sp³-hybridized carbons (Fsp3) is 0.717. The first kappa shape index (κ1) is 138. The molecule has 0 rings (SSSR count). The van der Waals surface area contributed by atoms with Crippen LogP contribution in [0.25, 0.3) is 0 Å². The number of carbonyl (C=O) groups is 16. The number of ether oxygens (including phenoxy) is 12. The van der Waals surface area contributed by atoms with Gasteiger partial charge in [-0.2, -0.15) is 10.2 Å². The first-order chi connectivity index (χ1) is 68.6. The third-order valence-corrected chi connectivity index (χ3v) is 30.2. The molecular formula is C99H159BI3N14O28. The van der Waals surface area contributed by atoms with Crippen molar-refractivity contribution < 1.29 is 134 Å². The molecule has 145 heavy (non-hydrogen) atoms. The molecule has 0 aliphatic rings. The molecule has 0 fully saturated rings. The Morgan fingerprint density at radius 1 is 0.248 bits per heavy atom. The Hall–Kier alpha value is -9.47. The van der Waals surface area contributed by atoms with Crippen LogP contribution in [0.5, 0.6) is 0 Å². The van der Waals surface area contributed by atoms with Crippen LogP contribution in [0.2, 0.25) is 6.82 Å². The van der Waals surface area contributed by atoms with E-state index in [9.17, 15) is 76.7 Å². The Balaban J connectivity index is 0. The number of rotatable bonds is 78. The average molecular weight is 2380 g/mol. The van der Waals surface area contributed by atoms with Crippen LogP contribution in [0.3, 0.4) is 0 Å². The number of ketones is 4. The summed E-state index contributed by atoms with van der Waals surface area (Å²) in [6, 6.07) is 0. The third-order valence-electron chi connectivity index (χ3n) is 23.0.